The standard InChI is InChI=1S/C10H14N2O4/c1-2-12-4-3-8(13)7(10(12)15)6-16-9(14)5-11/h6H,2-5,11H2,1H3. The Hall–Kier alpha value is -1.69. The molecule has 1 aliphatic heterocycles. The molecule has 0 spiro atoms. The van der Waals surface area contributed by atoms with E-state index in [0.717, 1.165) is 6.26 Å². The van der Waals surface area contributed by atoms with Gasteiger partial charge < -0.3 is 15.4 Å². The smallest absolute Gasteiger partial charge is 0.324 e. The van der Waals surface area contributed by atoms with E-state index >= 15 is 0 Å². The van der Waals surface area contributed by atoms with Gasteiger partial charge in [-0.25, -0.2) is 0 Å². The zero-order valence-electron chi connectivity index (χ0n) is 9.06. The van der Waals surface area contributed by atoms with Gasteiger partial charge in [0, 0.05) is 19.5 Å². The molecule has 0 atom stereocenters. The van der Waals surface area contributed by atoms with Crippen LogP contribution in [0.5, 0.6) is 0 Å². The van der Waals surface area contributed by atoms with Gasteiger partial charge >= 0.3 is 5.97 Å². The van der Waals surface area contributed by atoms with Crippen LogP contribution in [0.3, 0.4) is 0 Å². The van der Waals surface area contributed by atoms with E-state index in [0.29, 0.717) is 13.1 Å². The van der Waals surface area contributed by atoms with Crippen LogP contribution >= 0.6 is 0 Å². The van der Waals surface area contributed by atoms with Crippen molar-refractivity contribution < 1.29 is 19.1 Å². The number of Topliss-reactive ketones (excluding diaryl/α,β-unsaturated/α-hetero) is 1. The van der Waals surface area contributed by atoms with E-state index in [1.54, 1.807) is 0 Å². The highest BCUT2D eigenvalue weighted by Crippen LogP contribution is 2.13. The molecule has 0 aromatic rings. The highest BCUT2D eigenvalue weighted by Gasteiger charge is 2.29. The Balaban J connectivity index is 2.78. The lowest BCUT2D eigenvalue weighted by Crippen LogP contribution is -2.40. The summed E-state index contributed by atoms with van der Waals surface area (Å²) in [5, 5.41) is 0. The summed E-state index contributed by atoms with van der Waals surface area (Å²) in [6.45, 7) is 2.46. The number of nitrogens with zero attached hydrogens (tertiary/aromatic N) is 1. The molecule has 6 heteroatoms. The molecule has 0 aliphatic carbocycles. The third-order valence-electron chi connectivity index (χ3n) is 2.28. The first-order chi connectivity index (χ1) is 7.60. The maximum absolute atomic E-state index is 11.7. The number of rotatable bonds is 3. The van der Waals surface area contributed by atoms with Gasteiger partial charge in [-0.1, -0.05) is 0 Å². The second-order valence-corrected chi connectivity index (χ2v) is 3.28. The third kappa shape index (κ3) is 2.66. The van der Waals surface area contributed by atoms with E-state index in [4.69, 9.17) is 5.73 Å². The fourth-order valence-electron chi connectivity index (χ4n) is 1.35. The third-order valence-corrected chi connectivity index (χ3v) is 2.28. The lowest BCUT2D eigenvalue weighted by molar-refractivity contribution is -0.136. The van der Waals surface area contributed by atoms with Crippen LogP contribution in [0.25, 0.3) is 0 Å². The average Bonchev–Trinajstić information content (AvgIpc) is 2.28. The SMILES string of the molecule is CCN1CCC(=O)C(=COC(=O)CN)C1=O. The molecule has 16 heavy (non-hydrogen) atoms. The fourth-order valence-corrected chi connectivity index (χ4v) is 1.35. The van der Waals surface area contributed by atoms with E-state index in [1.165, 1.54) is 4.90 Å². The van der Waals surface area contributed by atoms with Crippen LogP contribution in [-0.4, -0.2) is 42.2 Å². The Morgan fingerprint density at radius 2 is 2.25 bits per heavy atom. The van der Waals surface area contributed by atoms with Gasteiger partial charge in [0.05, 0.1) is 6.54 Å². The number of amides is 1. The molecular formula is C10H14N2O4. The van der Waals surface area contributed by atoms with Crippen LogP contribution < -0.4 is 5.73 Å². The van der Waals surface area contributed by atoms with E-state index in [2.05, 4.69) is 4.74 Å². The van der Waals surface area contributed by atoms with E-state index in [-0.39, 0.29) is 24.3 Å². The maximum atomic E-state index is 11.7. The van der Waals surface area contributed by atoms with Crippen molar-refractivity contribution in [3.63, 3.8) is 0 Å². The van der Waals surface area contributed by atoms with Crippen molar-refractivity contribution in [2.24, 2.45) is 5.73 Å². The number of carbonyl (C=O) groups excluding carboxylic acids is 3. The highest BCUT2D eigenvalue weighted by atomic mass is 16.5. The normalized spacial score (nSPS) is 19.1. The molecule has 1 aliphatic rings. The number of likely N-dealkylation sites (tertiary alicyclic amines) is 1. The molecule has 0 unspecified atom stereocenters. The summed E-state index contributed by atoms with van der Waals surface area (Å²) >= 11 is 0. The molecule has 0 aromatic carbocycles. The largest absolute Gasteiger partial charge is 0.433 e. The van der Waals surface area contributed by atoms with E-state index in [1.807, 2.05) is 6.92 Å². The molecule has 1 fully saturated rings. The lowest BCUT2D eigenvalue weighted by atomic mass is 10.0. The van der Waals surface area contributed by atoms with Crippen LogP contribution in [0.1, 0.15) is 13.3 Å². The second-order valence-electron chi connectivity index (χ2n) is 3.28. The van der Waals surface area contributed by atoms with Gasteiger partial charge in [0.1, 0.15) is 11.8 Å². The summed E-state index contributed by atoms with van der Waals surface area (Å²) in [6, 6.07) is 0. The molecule has 2 N–H and O–H groups in total. The highest BCUT2D eigenvalue weighted by molar-refractivity contribution is 6.20. The van der Waals surface area contributed by atoms with Gasteiger partial charge in [-0.05, 0) is 6.92 Å². The first-order valence-electron chi connectivity index (χ1n) is 5.02. The van der Waals surface area contributed by atoms with Crippen molar-refractivity contribution in [3.05, 3.63) is 11.8 Å². The molecule has 1 heterocycles. The monoisotopic (exact) mass is 226 g/mol. The van der Waals surface area contributed by atoms with Crippen molar-refractivity contribution >= 4 is 17.7 Å². The first kappa shape index (κ1) is 12.4. The summed E-state index contributed by atoms with van der Waals surface area (Å²) in [6.07, 6.45) is 1.16. The molecule has 0 bridgehead atoms. The number of hydrogen-bond donors (Lipinski definition) is 1. The Kier molecular flexibility index (Phi) is 4.19. The zero-order chi connectivity index (χ0) is 12.1. The molecule has 0 radical (unpaired) electrons. The van der Waals surface area contributed by atoms with E-state index in [9.17, 15) is 14.4 Å². The summed E-state index contributed by atoms with van der Waals surface area (Å²) in [5.41, 5.74) is 4.94. The fraction of sp³-hybridized carbons (Fsp3) is 0.500. The summed E-state index contributed by atoms with van der Waals surface area (Å²) in [5.74, 6) is -1.38. The number of nitrogens with two attached hydrogens (primary N) is 1. The quantitative estimate of drug-likeness (QED) is 0.294. The Bertz CT molecular complexity index is 349. The number of esters is 1. The van der Waals surface area contributed by atoms with Gasteiger partial charge in [-0.2, -0.15) is 0 Å². The van der Waals surface area contributed by atoms with Crippen molar-refractivity contribution in [3.8, 4) is 0 Å². The van der Waals surface area contributed by atoms with Crippen LogP contribution in [0.2, 0.25) is 0 Å². The van der Waals surface area contributed by atoms with Crippen molar-refractivity contribution in [2.75, 3.05) is 19.6 Å². The minimum atomic E-state index is -0.679. The summed E-state index contributed by atoms with van der Waals surface area (Å²) in [4.78, 5) is 35.4. The van der Waals surface area contributed by atoms with E-state index < -0.39 is 11.9 Å². The number of carbonyl (C=O) groups is 3. The molecule has 0 saturated carbocycles. The van der Waals surface area contributed by atoms with Gasteiger partial charge in [0.2, 0.25) is 0 Å². The zero-order valence-corrected chi connectivity index (χ0v) is 9.06. The number of piperidine rings is 1. The minimum Gasteiger partial charge on any atom is -0.433 e. The number of ketones is 1. The average molecular weight is 226 g/mol. The molecule has 88 valence electrons. The topological polar surface area (TPSA) is 89.7 Å². The number of likely N-dealkylation sites (N-methyl/N-ethyl adjacent to an activating group) is 1. The second kappa shape index (κ2) is 5.41. The van der Waals surface area contributed by atoms with Crippen molar-refractivity contribution in [1.29, 1.82) is 0 Å². The first-order valence-corrected chi connectivity index (χ1v) is 5.02. The van der Waals surface area contributed by atoms with Gasteiger partial charge in [0.15, 0.2) is 5.78 Å². The number of hydrogen-bond acceptors (Lipinski definition) is 5. The molecule has 1 saturated heterocycles. The lowest BCUT2D eigenvalue weighted by Gasteiger charge is -2.25. The van der Waals surface area contributed by atoms with Crippen LogP contribution in [0, 0.1) is 0 Å². The van der Waals surface area contributed by atoms with Crippen LogP contribution in [0.4, 0.5) is 0 Å². The van der Waals surface area contributed by atoms with Crippen LogP contribution in [-0.2, 0) is 19.1 Å². The Morgan fingerprint density at radius 3 is 2.81 bits per heavy atom. The summed E-state index contributed by atoms with van der Waals surface area (Å²) in [7, 11) is 0. The molecular weight excluding hydrogens is 212 g/mol. The van der Waals surface area contributed by atoms with Crippen molar-refractivity contribution in [1.82, 2.24) is 4.90 Å². The summed E-state index contributed by atoms with van der Waals surface area (Å²) < 4.78 is 4.57. The molecule has 1 amide bonds. The molecule has 6 nitrogen and oxygen atoms in total. The molecule has 1 rings (SSSR count). The van der Waals surface area contributed by atoms with Crippen LogP contribution in [0.15, 0.2) is 11.8 Å². The Morgan fingerprint density at radius 1 is 1.56 bits per heavy atom. The Labute approximate surface area is 93.0 Å². The van der Waals surface area contributed by atoms with Gasteiger partial charge in [-0.15, -0.1) is 0 Å². The van der Waals surface area contributed by atoms with Gasteiger partial charge in [0.25, 0.3) is 5.91 Å². The minimum absolute atomic E-state index is 0.0881. The maximum Gasteiger partial charge on any atom is 0.324 e. The molecule has 0 aromatic heterocycles. The number of ether oxygens (including phenoxy) is 1. The van der Waals surface area contributed by atoms with Gasteiger partial charge in [-0.3, -0.25) is 14.4 Å². The van der Waals surface area contributed by atoms with Crippen molar-refractivity contribution in [2.45, 2.75) is 13.3 Å². The predicted octanol–water partition coefficient (Wildman–Crippen LogP) is -0.806. The predicted molar refractivity (Wildman–Crippen MR) is 55.1 cm³/mol.